The standard InChI is InChI=1S/C30H20ClN5O6S2/c31-20-9-14-26-24(16-20)33(23-3-1-2-4-25(23)43-26)17-28(37)32-34-29(38)27(15-18-5-10-21(11-6-18)35(39)40)44-30(34)19-7-12-22(13-8-19)36(41)42/h1-16,30H,17H2,(H,32,37)/b27-15-. The van der Waals surface area contributed by atoms with Crippen molar-refractivity contribution in [2.45, 2.75) is 15.2 Å². The monoisotopic (exact) mass is 645 g/mol. The number of para-hydroxylation sites is 1. The molecular weight excluding hydrogens is 626 g/mol. The average molecular weight is 646 g/mol. The van der Waals surface area contributed by atoms with Gasteiger partial charge < -0.3 is 4.90 Å². The molecule has 2 aliphatic rings. The first-order chi connectivity index (χ1) is 21.2. The number of benzene rings is 4. The third-order valence-corrected chi connectivity index (χ3v) is 9.45. The molecule has 1 fully saturated rings. The molecule has 4 aromatic carbocycles. The number of nitrogens with one attached hydrogen (secondary N) is 1. The number of amides is 2. The van der Waals surface area contributed by atoms with E-state index in [0.29, 0.717) is 16.1 Å². The number of hydrazine groups is 1. The molecule has 44 heavy (non-hydrogen) atoms. The van der Waals surface area contributed by atoms with Gasteiger partial charge in [-0.05, 0) is 71.8 Å². The molecule has 0 aliphatic carbocycles. The van der Waals surface area contributed by atoms with Gasteiger partial charge in [0.15, 0.2) is 0 Å². The van der Waals surface area contributed by atoms with Crippen LogP contribution in [-0.2, 0) is 9.59 Å². The van der Waals surface area contributed by atoms with Crippen LogP contribution in [0.1, 0.15) is 16.5 Å². The normalized spacial score (nSPS) is 16.4. The predicted molar refractivity (Wildman–Crippen MR) is 169 cm³/mol. The number of halogens is 1. The summed E-state index contributed by atoms with van der Waals surface area (Å²) in [6, 6.07) is 24.6. The van der Waals surface area contributed by atoms with Crippen LogP contribution in [0.25, 0.3) is 6.08 Å². The largest absolute Gasteiger partial charge is 0.330 e. The number of thioether (sulfide) groups is 1. The molecule has 14 heteroatoms. The summed E-state index contributed by atoms with van der Waals surface area (Å²) in [4.78, 5) is 52.5. The van der Waals surface area contributed by atoms with Gasteiger partial charge in [-0.1, -0.05) is 47.3 Å². The van der Waals surface area contributed by atoms with Crippen LogP contribution < -0.4 is 10.3 Å². The Morgan fingerprint density at radius 1 is 0.886 bits per heavy atom. The van der Waals surface area contributed by atoms with E-state index >= 15 is 0 Å². The zero-order chi connectivity index (χ0) is 31.0. The maximum Gasteiger partial charge on any atom is 0.280 e. The third kappa shape index (κ3) is 5.84. The highest BCUT2D eigenvalue weighted by atomic mass is 35.5. The summed E-state index contributed by atoms with van der Waals surface area (Å²) in [6.45, 7) is -0.131. The van der Waals surface area contributed by atoms with Crippen molar-refractivity contribution in [1.82, 2.24) is 10.4 Å². The Morgan fingerprint density at radius 3 is 2.20 bits per heavy atom. The minimum atomic E-state index is -0.734. The number of anilines is 2. The number of rotatable bonds is 7. The maximum atomic E-state index is 13.7. The molecule has 11 nitrogen and oxygen atoms in total. The van der Waals surface area contributed by atoms with Gasteiger partial charge in [-0.15, -0.1) is 0 Å². The van der Waals surface area contributed by atoms with E-state index in [1.54, 1.807) is 30.0 Å². The van der Waals surface area contributed by atoms with Crippen molar-refractivity contribution in [3.8, 4) is 0 Å². The second-order valence-corrected chi connectivity index (χ2v) is 12.3. The molecule has 0 aromatic heterocycles. The number of non-ortho nitro benzene ring substituents is 2. The van der Waals surface area contributed by atoms with Crippen LogP contribution >= 0.6 is 35.1 Å². The van der Waals surface area contributed by atoms with Crippen LogP contribution in [0.3, 0.4) is 0 Å². The Bertz CT molecular complexity index is 1850. The molecular formula is C30H20ClN5O6S2. The summed E-state index contributed by atoms with van der Waals surface area (Å²) in [5, 5.41) is 23.2. The molecule has 0 radical (unpaired) electrons. The van der Waals surface area contributed by atoms with Gasteiger partial charge in [0.2, 0.25) is 0 Å². The minimum absolute atomic E-state index is 0.0873. The highest BCUT2D eigenvalue weighted by molar-refractivity contribution is 8.04. The predicted octanol–water partition coefficient (Wildman–Crippen LogP) is 7.11. The van der Waals surface area contributed by atoms with Crippen LogP contribution in [0.15, 0.2) is 106 Å². The summed E-state index contributed by atoms with van der Waals surface area (Å²) in [5.41, 5.74) is 5.23. The van der Waals surface area contributed by atoms with Crippen molar-refractivity contribution >= 4 is 75.8 Å². The second kappa shape index (κ2) is 12.0. The van der Waals surface area contributed by atoms with E-state index in [9.17, 15) is 29.8 Å². The van der Waals surface area contributed by atoms with E-state index in [-0.39, 0.29) is 22.8 Å². The molecule has 220 valence electrons. The molecule has 1 unspecified atom stereocenters. The van der Waals surface area contributed by atoms with Crippen molar-refractivity contribution in [3.63, 3.8) is 0 Å². The third-order valence-electron chi connectivity index (χ3n) is 6.83. The van der Waals surface area contributed by atoms with Crippen LogP contribution in [0.4, 0.5) is 22.7 Å². The molecule has 0 spiro atoms. The number of nitro groups is 2. The van der Waals surface area contributed by atoms with E-state index in [2.05, 4.69) is 5.43 Å². The molecule has 0 saturated carbocycles. The fraction of sp³-hybridized carbons (Fsp3) is 0.0667. The Balaban J connectivity index is 1.30. The van der Waals surface area contributed by atoms with Crippen molar-refractivity contribution < 1.29 is 19.4 Å². The highest BCUT2D eigenvalue weighted by Crippen LogP contribution is 2.49. The SMILES string of the molecule is O=C(CN1c2ccccc2Sc2ccc(Cl)cc21)NN1C(=O)/C(=C/c2ccc([N+](=O)[O-])cc2)SC1c1ccc([N+](=O)[O-])cc1. The van der Waals surface area contributed by atoms with Crippen molar-refractivity contribution in [1.29, 1.82) is 0 Å². The number of hydrogen-bond acceptors (Lipinski definition) is 9. The topological polar surface area (TPSA) is 139 Å². The van der Waals surface area contributed by atoms with Gasteiger partial charge in [0, 0.05) is 39.1 Å². The molecule has 6 rings (SSSR count). The average Bonchev–Trinajstić information content (AvgIpc) is 3.31. The Kier molecular flexibility index (Phi) is 7.99. The van der Waals surface area contributed by atoms with Crippen LogP contribution in [0.2, 0.25) is 5.02 Å². The van der Waals surface area contributed by atoms with Gasteiger partial charge in [-0.2, -0.15) is 0 Å². The van der Waals surface area contributed by atoms with Gasteiger partial charge in [0.1, 0.15) is 11.9 Å². The van der Waals surface area contributed by atoms with Gasteiger partial charge in [-0.3, -0.25) is 35.2 Å². The van der Waals surface area contributed by atoms with E-state index in [1.807, 2.05) is 35.2 Å². The summed E-state index contributed by atoms with van der Waals surface area (Å²) in [6.07, 6.45) is 1.58. The first kappa shape index (κ1) is 29.2. The molecule has 1 saturated heterocycles. The summed E-state index contributed by atoms with van der Waals surface area (Å²) in [7, 11) is 0. The van der Waals surface area contributed by atoms with Gasteiger partial charge in [0.25, 0.3) is 23.2 Å². The van der Waals surface area contributed by atoms with Crippen molar-refractivity contribution in [3.05, 3.63) is 132 Å². The first-order valence-electron chi connectivity index (χ1n) is 13.0. The Labute approximate surface area is 263 Å². The van der Waals surface area contributed by atoms with Gasteiger partial charge in [0.05, 0.1) is 26.1 Å². The Hall–Kier alpha value is -4.85. The van der Waals surface area contributed by atoms with E-state index in [1.165, 1.54) is 53.5 Å². The summed E-state index contributed by atoms with van der Waals surface area (Å²) < 4.78 is 0. The Morgan fingerprint density at radius 2 is 1.52 bits per heavy atom. The quantitative estimate of drug-likeness (QED) is 0.127. The van der Waals surface area contributed by atoms with E-state index < -0.39 is 27.0 Å². The number of nitro benzene ring substituents is 2. The number of hydrogen-bond donors (Lipinski definition) is 1. The fourth-order valence-corrected chi connectivity index (χ4v) is 7.19. The van der Waals surface area contributed by atoms with Crippen molar-refractivity contribution in [2.75, 3.05) is 11.4 Å². The lowest BCUT2D eigenvalue weighted by Crippen LogP contribution is -2.47. The number of fused-ring (bicyclic) bond motifs is 2. The first-order valence-corrected chi connectivity index (χ1v) is 15.1. The fourth-order valence-electron chi connectivity index (χ4n) is 4.76. The molecule has 1 atom stereocenters. The number of carbonyl (C=O) groups excluding carboxylic acids is 2. The lowest BCUT2D eigenvalue weighted by molar-refractivity contribution is -0.385. The molecule has 2 amide bonds. The van der Waals surface area contributed by atoms with Crippen LogP contribution in [-0.4, -0.2) is 33.2 Å². The van der Waals surface area contributed by atoms with E-state index in [4.69, 9.17) is 11.6 Å². The highest BCUT2D eigenvalue weighted by Gasteiger charge is 2.39. The zero-order valence-electron chi connectivity index (χ0n) is 22.5. The zero-order valence-corrected chi connectivity index (χ0v) is 24.8. The molecule has 2 aliphatic heterocycles. The summed E-state index contributed by atoms with van der Waals surface area (Å²) in [5.74, 6) is -0.974. The second-order valence-electron chi connectivity index (χ2n) is 9.65. The van der Waals surface area contributed by atoms with Gasteiger partial charge in [-0.25, -0.2) is 5.01 Å². The molecule has 1 N–H and O–H groups in total. The van der Waals surface area contributed by atoms with Crippen LogP contribution in [0, 0.1) is 20.2 Å². The molecule has 4 aromatic rings. The van der Waals surface area contributed by atoms with Crippen molar-refractivity contribution in [2.24, 2.45) is 0 Å². The summed E-state index contributed by atoms with van der Waals surface area (Å²) >= 11 is 9.03. The number of nitrogens with zero attached hydrogens (tertiary/aromatic N) is 4. The van der Waals surface area contributed by atoms with Gasteiger partial charge >= 0.3 is 0 Å². The van der Waals surface area contributed by atoms with E-state index in [0.717, 1.165) is 32.9 Å². The smallest absolute Gasteiger partial charge is 0.280 e. The molecule has 2 heterocycles. The molecule has 0 bridgehead atoms. The minimum Gasteiger partial charge on any atom is -0.330 e. The lowest BCUT2D eigenvalue weighted by Gasteiger charge is -2.33. The van der Waals surface area contributed by atoms with Crippen LogP contribution in [0.5, 0.6) is 0 Å². The maximum absolute atomic E-state index is 13.7. The lowest BCUT2D eigenvalue weighted by atomic mass is 10.2. The number of carbonyl (C=O) groups is 2.